The van der Waals surface area contributed by atoms with E-state index >= 15 is 0 Å². The zero-order valence-electron chi connectivity index (χ0n) is 8.83. The summed E-state index contributed by atoms with van der Waals surface area (Å²) in [5.41, 5.74) is 0. The van der Waals surface area contributed by atoms with Crippen molar-refractivity contribution in [2.24, 2.45) is 5.92 Å². The van der Waals surface area contributed by atoms with Crippen LogP contribution >= 0.6 is 0 Å². The highest BCUT2D eigenvalue weighted by Crippen LogP contribution is 2.26. The summed E-state index contributed by atoms with van der Waals surface area (Å²) in [4.78, 5) is 0. The van der Waals surface area contributed by atoms with Gasteiger partial charge < -0.3 is 9.84 Å². The highest BCUT2D eigenvalue weighted by molar-refractivity contribution is 4.72. The zero-order chi connectivity index (χ0) is 9.68. The van der Waals surface area contributed by atoms with Gasteiger partial charge in [-0.15, -0.1) is 0 Å². The number of unbranched alkanes of at least 4 members (excludes halogenated alkanes) is 2. The Morgan fingerprint density at radius 2 is 2.08 bits per heavy atom. The first kappa shape index (κ1) is 11.0. The van der Waals surface area contributed by atoms with Crippen LogP contribution < -0.4 is 0 Å². The molecule has 0 aromatic heterocycles. The molecular weight excluding hydrogens is 164 g/mol. The van der Waals surface area contributed by atoms with Crippen molar-refractivity contribution < 1.29 is 9.84 Å². The molecule has 3 unspecified atom stereocenters. The van der Waals surface area contributed by atoms with Gasteiger partial charge in [0.05, 0.1) is 6.10 Å². The first-order valence-electron chi connectivity index (χ1n) is 5.57. The molecule has 0 amide bonds. The van der Waals surface area contributed by atoms with Crippen LogP contribution in [0.2, 0.25) is 0 Å². The minimum Gasteiger partial charge on any atom is -0.368 e. The van der Waals surface area contributed by atoms with Crippen molar-refractivity contribution in [3.63, 3.8) is 0 Å². The molecule has 0 aromatic carbocycles. The molecule has 1 rings (SSSR count). The van der Waals surface area contributed by atoms with E-state index in [1.54, 1.807) is 0 Å². The molecular formula is C11H22O2. The Bertz CT molecular complexity index is 136. The van der Waals surface area contributed by atoms with E-state index in [0.717, 1.165) is 19.3 Å². The number of rotatable bonds is 4. The van der Waals surface area contributed by atoms with Gasteiger partial charge in [-0.25, -0.2) is 0 Å². The Morgan fingerprint density at radius 1 is 1.31 bits per heavy atom. The summed E-state index contributed by atoms with van der Waals surface area (Å²) < 4.78 is 5.50. The van der Waals surface area contributed by atoms with Crippen LogP contribution in [0.15, 0.2) is 0 Å². The van der Waals surface area contributed by atoms with Crippen LogP contribution in [-0.2, 0) is 4.74 Å². The van der Waals surface area contributed by atoms with Crippen molar-refractivity contribution in [2.75, 3.05) is 0 Å². The molecule has 1 saturated heterocycles. The lowest BCUT2D eigenvalue weighted by Gasteiger charge is -2.32. The summed E-state index contributed by atoms with van der Waals surface area (Å²) >= 11 is 0. The van der Waals surface area contributed by atoms with E-state index in [9.17, 15) is 5.11 Å². The molecule has 2 nitrogen and oxygen atoms in total. The summed E-state index contributed by atoms with van der Waals surface area (Å²) in [7, 11) is 0. The standard InChI is InChI=1S/C11H22O2/c1-3-4-5-6-10-9(2)7-8-11(12)13-10/h9-12H,3-8H2,1-2H3. The normalized spacial score (nSPS) is 34.8. The summed E-state index contributed by atoms with van der Waals surface area (Å²) in [6, 6.07) is 0. The third-order valence-corrected chi connectivity index (χ3v) is 2.93. The fourth-order valence-electron chi connectivity index (χ4n) is 1.94. The molecule has 0 aliphatic carbocycles. The number of aliphatic hydroxyl groups excluding tert-OH is 1. The predicted molar refractivity (Wildman–Crippen MR) is 53.4 cm³/mol. The van der Waals surface area contributed by atoms with Gasteiger partial charge in [-0.2, -0.15) is 0 Å². The fourth-order valence-corrected chi connectivity index (χ4v) is 1.94. The summed E-state index contributed by atoms with van der Waals surface area (Å²) in [5.74, 6) is 0.625. The van der Waals surface area contributed by atoms with Crippen molar-refractivity contribution in [3.8, 4) is 0 Å². The Labute approximate surface area is 81.3 Å². The molecule has 1 aliphatic heterocycles. The van der Waals surface area contributed by atoms with Crippen molar-refractivity contribution in [1.82, 2.24) is 0 Å². The molecule has 0 bridgehead atoms. The molecule has 0 saturated carbocycles. The second kappa shape index (κ2) is 5.61. The smallest absolute Gasteiger partial charge is 0.154 e. The first-order valence-corrected chi connectivity index (χ1v) is 5.57. The molecule has 1 N–H and O–H groups in total. The maximum Gasteiger partial charge on any atom is 0.154 e. The van der Waals surface area contributed by atoms with E-state index in [1.807, 2.05) is 0 Å². The Kier molecular flexibility index (Phi) is 4.74. The molecule has 0 radical (unpaired) electrons. The van der Waals surface area contributed by atoms with E-state index in [0.29, 0.717) is 12.0 Å². The molecule has 78 valence electrons. The van der Waals surface area contributed by atoms with Crippen LogP contribution in [0.4, 0.5) is 0 Å². The molecule has 1 fully saturated rings. The van der Waals surface area contributed by atoms with Gasteiger partial charge in [0, 0.05) is 0 Å². The summed E-state index contributed by atoms with van der Waals surface area (Å²) in [6.45, 7) is 4.43. The monoisotopic (exact) mass is 186 g/mol. The van der Waals surface area contributed by atoms with Crippen molar-refractivity contribution in [3.05, 3.63) is 0 Å². The molecule has 1 heterocycles. The molecule has 0 spiro atoms. The number of hydrogen-bond donors (Lipinski definition) is 1. The van der Waals surface area contributed by atoms with Crippen LogP contribution in [0.5, 0.6) is 0 Å². The first-order chi connectivity index (χ1) is 6.24. The maximum absolute atomic E-state index is 9.33. The topological polar surface area (TPSA) is 29.5 Å². The minimum atomic E-state index is -0.497. The van der Waals surface area contributed by atoms with Gasteiger partial charge in [0.1, 0.15) is 0 Å². The van der Waals surface area contributed by atoms with Gasteiger partial charge in [0.25, 0.3) is 0 Å². The van der Waals surface area contributed by atoms with Gasteiger partial charge in [0.2, 0.25) is 0 Å². The zero-order valence-corrected chi connectivity index (χ0v) is 8.83. The minimum absolute atomic E-state index is 0.301. The Morgan fingerprint density at radius 3 is 2.77 bits per heavy atom. The van der Waals surface area contributed by atoms with Crippen molar-refractivity contribution >= 4 is 0 Å². The molecule has 2 heteroatoms. The maximum atomic E-state index is 9.33. The van der Waals surface area contributed by atoms with E-state index in [4.69, 9.17) is 4.74 Å². The van der Waals surface area contributed by atoms with E-state index in [2.05, 4.69) is 13.8 Å². The SMILES string of the molecule is CCCCCC1OC(O)CCC1C. The van der Waals surface area contributed by atoms with Crippen molar-refractivity contribution in [1.29, 1.82) is 0 Å². The van der Waals surface area contributed by atoms with Crippen LogP contribution in [0.1, 0.15) is 52.4 Å². The van der Waals surface area contributed by atoms with Crippen LogP contribution in [0, 0.1) is 5.92 Å². The lowest BCUT2D eigenvalue weighted by molar-refractivity contribution is -0.181. The van der Waals surface area contributed by atoms with Gasteiger partial charge in [0.15, 0.2) is 6.29 Å². The van der Waals surface area contributed by atoms with E-state index in [1.165, 1.54) is 19.3 Å². The molecule has 0 aromatic rings. The average molecular weight is 186 g/mol. The third-order valence-electron chi connectivity index (χ3n) is 2.93. The third kappa shape index (κ3) is 3.65. The Balaban J connectivity index is 2.21. The van der Waals surface area contributed by atoms with E-state index in [-0.39, 0.29) is 0 Å². The summed E-state index contributed by atoms with van der Waals surface area (Å²) in [6.07, 6.45) is 6.61. The van der Waals surface area contributed by atoms with Crippen LogP contribution in [0.25, 0.3) is 0 Å². The predicted octanol–water partition coefficient (Wildman–Crippen LogP) is 2.70. The highest BCUT2D eigenvalue weighted by Gasteiger charge is 2.26. The second-order valence-electron chi connectivity index (χ2n) is 4.18. The average Bonchev–Trinajstić information content (AvgIpc) is 2.11. The fraction of sp³-hybridized carbons (Fsp3) is 1.00. The van der Waals surface area contributed by atoms with Crippen LogP contribution in [-0.4, -0.2) is 17.5 Å². The van der Waals surface area contributed by atoms with Gasteiger partial charge in [-0.3, -0.25) is 0 Å². The van der Waals surface area contributed by atoms with Crippen LogP contribution in [0.3, 0.4) is 0 Å². The number of hydrogen-bond acceptors (Lipinski definition) is 2. The number of aliphatic hydroxyl groups is 1. The highest BCUT2D eigenvalue weighted by atomic mass is 16.6. The Hall–Kier alpha value is -0.0800. The van der Waals surface area contributed by atoms with Gasteiger partial charge in [-0.1, -0.05) is 33.1 Å². The molecule has 3 atom stereocenters. The summed E-state index contributed by atoms with van der Waals surface area (Å²) in [5, 5.41) is 9.33. The molecule has 13 heavy (non-hydrogen) atoms. The lowest BCUT2D eigenvalue weighted by Crippen LogP contribution is -2.33. The lowest BCUT2D eigenvalue weighted by atomic mass is 9.92. The largest absolute Gasteiger partial charge is 0.368 e. The quantitative estimate of drug-likeness (QED) is 0.684. The van der Waals surface area contributed by atoms with Gasteiger partial charge >= 0.3 is 0 Å². The van der Waals surface area contributed by atoms with Crippen molar-refractivity contribution in [2.45, 2.75) is 64.8 Å². The number of ether oxygens (including phenoxy) is 1. The molecule has 1 aliphatic rings. The van der Waals surface area contributed by atoms with Gasteiger partial charge in [-0.05, 0) is 25.2 Å². The van der Waals surface area contributed by atoms with E-state index < -0.39 is 6.29 Å². The second-order valence-corrected chi connectivity index (χ2v) is 4.18.